The van der Waals surface area contributed by atoms with Crippen LogP contribution in [0.2, 0.25) is 0 Å². The van der Waals surface area contributed by atoms with Gasteiger partial charge in [0, 0.05) is 32.3 Å². The second kappa shape index (κ2) is 7.80. The van der Waals surface area contributed by atoms with Crippen LogP contribution in [-0.4, -0.2) is 33.5 Å². The molecule has 0 radical (unpaired) electrons. The van der Waals surface area contributed by atoms with Crippen LogP contribution in [0.1, 0.15) is 24.8 Å². The Hall–Kier alpha value is -3.22. The zero-order valence-corrected chi connectivity index (χ0v) is 15.9. The van der Waals surface area contributed by atoms with Crippen LogP contribution in [0.5, 0.6) is 0 Å². The zero-order chi connectivity index (χ0) is 19.5. The minimum Gasteiger partial charge on any atom is -0.352 e. The molecule has 1 aliphatic rings. The number of pyridine rings is 1. The average Bonchev–Trinajstić information content (AvgIpc) is 3.21. The van der Waals surface area contributed by atoms with E-state index < -0.39 is 0 Å². The van der Waals surface area contributed by atoms with Crippen LogP contribution in [0.3, 0.4) is 0 Å². The van der Waals surface area contributed by atoms with Crippen molar-refractivity contribution in [1.82, 2.24) is 14.5 Å². The van der Waals surface area contributed by atoms with Gasteiger partial charge in [0.15, 0.2) is 5.82 Å². The van der Waals surface area contributed by atoms with Gasteiger partial charge in [-0.15, -0.1) is 0 Å². The number of carbonyl (C=O) groups excluding carboxylic acids is 1. The third kappa shape index (κ3) is 3.74. The van der Waals surface area contributed by atoms with Crippen LogP contribution >= 0.6 is 0 Å². The van der Waals surface area contributed by atoms with Crippen molar-refractivity contribution in [1.29, 1.82) is 0 Å². The molecular weight excluding hydrogens is 354 g/mol. The van der Waals surface area contributed by atoms with Crippen molar-refractivity contribution < 1.29 is 4.79 Å². The number of rotatable bonds is 5. The lowest BCUT2D eigenvalue weighted by molar-refractivity contribution is -0.116. The Morgan fingerprint density at radius 3 is 2.75 bits per heavy atom. The van der Waals surface area contributed by atoms with Gasteiger partial charge >= 0.3 is 0 Å². The number of benzene rings is 1. The Bertz CT molecular complexity index is 1070. The monoisotopic (exact) mass is 377 g/mol. The maximum atomic E-state index is 13.1. The quantitative estimate of drug-likeness (QED) is 0.739. The van der Waals surface area contributed by atoms with E-state index in [1.165, 1.54) is 0 Å². The number of nitrogens with zero attached hydrogens (tertiary/aromatic N) is 4. The molecule has 1 aliphatic heterocycles. The number of hydrogen-bond donors (Lipinski definition) is 1. The Morgan fingerprint density at radius 1 is 1.18 bits per heavy atom. The van der Waals surface area contributed by atoms with E-state index in [0.29, 0.717) is 18.2 Å². The summed E-state index contributed by atoms with van der Waals surface area (Å²) in [4.78, 5) is 36.3. The van der Waals surface area contributed by atoms with E-state index in [0.717, 1.165) is 42.5 Å². The fourth-order valence-electron chi connectivity index (χ4n) is 3.56. The first-order valence-corrected chi connectivity index (χ1v) is 9.59. The number of hydrogen-bond acceptors (Lipinski definition) is 5. The predicted molar refractivity (Wildman–Crippen MR) is 110 cm³/mol. The Morgan fingerprint density at radius 2 is 1.96 bits per heavy atom. The molecule has 4 rings (SSSR count). The molecule has 144 valence electrons. The number of fused-ring (bicyclic) bond motifs is 1. The highest BCUT2D eigenvalue weighted by molar-refractivity contribution is 5.89. The highest BCUT2D eigenvalue weighted by Crippen LogP contribution is 2.18. The van der Waals surface area contributed by atoms with Crippen molar-refractivity contribution in [3.63, 3.8) is 0 Å². The van der Waals surface area contributed by atoms with Crippen LogP contribution in [0, 0.1) is 6.92 Å². The Balaban J connectivity index is 1.59. The topological polar surface area (TPSA) is 80.1 Å². The highest BCUT2D eigenvalue weighted by Gasteiger charge is 2.20. The van der Waals surface area contributed by atoms with Crippen molar-refractivity contribution in [3.05, 3.63) is 58.5 Å². The predicted octanol–water partition coefficient (Wildman–Crippen LogP) is 2.73. The Labute approximate surface area is 163 Å². The van der Waals surface area contributed by atoms with Crippen molar-refractivity contribution in [3.8, 4) is 0 Å². The first kappa shape index (κ1) is 18.2. The van der Waals surface area contributed by atoms with Crippen LogP contribution in [-0.2, 0) is 11.3 Å². The molecule has 1 fully saturated rings. The normalized spacial score (nSPS) is 13.8. The van der Waals surface area contributed by atoms with Crippen LogP contribution in [0.4, 0.5) is 11.6 Å². The lowest BCUT2D eigenvalue weighted by Crippen LogP contribution is -2.32. The van der Waals surface area contributed by atoms with Crippen molar-refractivity contribution in [2.24, 2.45) is 0 Å². The van der Waals surface area contributed by atoms with E-state index in [4.69, 9.17) is 0 Å². The SMILES string of the molecule is Cc1ccnc(NC(=O)CCn2c(=O)c(N3CCCC3)nc3ccccc32)c1. The van der Waals surface area contributed by atoms with Crippen LogP contribution < -0.4 is 15.8 Å². The molecule has 7 heteroatoms. The molecule has 1 aromatic carbocycles. The Kier molecular flexibility index (Phi) is 5.06. The smallest absolute Gasteiger partial charge is 0.294 e. The fraction of sp³-hybridized carbons (Fsp3) is 0.333. The maximum absolute atomic E-state index is 13.1. The first-order valence-electron chi connectivity index (χ1n) is 9.59. The third-order valence-electron chi connectivity index (χ3n) is 4.99. The molecule has 0 aliphatic carbocycles. The molecule has 0 bridgehead atoms. The highest BCUT2D eigenvalue weighted by atomic mass is 16.2. The number of amides is 1. The summed E-state index contributed by atoms with van der Waals surface area (Å²) in [7, 11) is 0. The molecule has 3 heterocycles. The lowest BCUT2D eigenvalue weighted by atomic mass is 10.2. The molecule has 1 N–H and O–H groups in total. The molecule has 1 amide bonds. The van der Waals surface area contributed by atoms with E-state index in [1.54, 1.807) is 10.8 Å². The lowest BCUT2D eigenvalue weighted by Gasteiger charge is -2.19. The van der Waals surface area contributed by atoms with Gasteiger partial charge in [-0.25, -0.2) is 9.97 Å². The van der Waals surface area contributed by atoms with Crippen molar-refractivity contribution in [2.75, 3.05) is 23.3 Å². The molecule has 28 heavy (non-hydrogen) atoms. The number of carbonyl (C=O) groups is 1. The van der Waals surface area contributed by atoms with E-state index in [1.807, 2.05) is 48.2 Å². The van der Waals surface area contributed by atoms with Gasteiger partial charge in [-0.05, 0) is 49.6 Å². The summed E-state index contributed by atoms with van der Waals surface area (Å²) in [6.07, 6.45) is 3.98. The minimum atomic E-state index is -0.173. The number of anilines is 2. The fourth-order valence-corrected chi connectivity index (χ4v) is 3.56. The first-order chi connectivity index (χ1) is 13.6. The summed E-state index contributed by atoms with van der Waals surface area (Å²) in [6, 6.07) is 11.3. The molecule has 0 unspecified atom stereocenters. The van der Waals surface area contributed by atoms with Gasteiger partial charge in [0.25, 0.3) is 5.56 Å². The van der Waals surface area contributed by atoms with Gasteiger partial charge in [0.05, 0.1) is 11.0 Å². The molecule has 0 atom stereocenters. The molecule has 7 nitrogen and oxygen atoms in total. The summed E-state index contributed by atoms with van der Waals surface area (Å²) in [5, 5.41) is 2.80. The maximum Gasteiger partial charge on any atom is 0.294 e. The molecule has 0 spiro atoms. The summed E-state index contributed by atoms with van der Waals surface area (Å²) in [6.45, 7) is 3.93. The number of para-hydroxylation sites is 2. The van der Waals surface area contributed by atoms with Crippen LogP contribution in [0.25, 0.3) is 11.0 Å². The summed E-state index contributed by atoms with van der Waals surface area (Å²) in [5.41, 5.74) is 2.40. The van der Waals surface area contributed by atoms with Crippen molar-refractivity contribution >= 4 is 28.6 Å². The number of aryl methyl sites for hydroxylation is 2. The van der Waals surface area contributed by atoms with E-state index in [2.05, 4.69) is 15.3 Å². The van der Waals surface area contributed by atoms with Gasteiger partial charge in [-0.3, -0.25) is 9.59 Å². The van der Waals surface area contributed by atoms with Crippen LogP contribution in [0.15, 0.2) is 47.4 Å². The molecule has 0 saturated carbocycles. The van der Waals surface area contributed by atoms with E-state index in [-0.39, 0.29) is 17.9 Å². The molecule has 3 aromatic rings. The van der Waals surface area contributed by atoms with Gasteiger partial charge < -0.3 is 14.8 Å². The summed E-state index contributed by atoms with van der Waals surface area (Å²) >= 11 is 0. The molecular formula is C21H23N5O2. The van der Waals surface area contributed by atoms with Gasteiger partial charge in [-0.2, -0.15) is 0 Å². The van der Waals surface area contributed by atoms with Gasteiger partial charge in [-0.1, -0.05) is 12.1 Å². The summed E-state index contributed by atoms with van der Waals surface area (Å²) in [5.74, 6) is 0.834. The van der Waals surface area contributed by atoms with Crippen molar-refractivity contribution in [2.45, 2.75) is 32.7 Å². The zero-order valence-electron chi connectivity index (χ0n) is 15.9. The van der Waals surface area contributed by atoms with Gasteiger partial charge in [0.2, 0.25) is 5.91 Å². The third-order valence-corrected chi connectivity index (χ3v) is 4.99. The largest absolute Gasteiger partial charge is 0.352 e. The van der Waals surface area contributed by atoms with E-state index in [9.17, 15) is 9.59 Å². The molecule has 2 aromatic heterocycles. The summed E-state index contributed by atoms with van der Waals surface area (Å²) < 4.78 is 1.67. The second-order valence-corrected chi connectivity index (χ2v) is 7.09. The number of aromatic nitrogens is 3. The van der Waals surface area contributed by atoms with E-state index >= 15 is 0 Å². The number of nitrogens with one attached hydrogen (secondary N) is 1. The average molecular weight is 377 g/mol. The second-order valence-electron chi connectivity index (χ2n) is 7.09. The standard InChI is InChI=1S/C21H23N5O2/c1-15-8-10-22-18(14-15)24-19(27)9-13-26-17-7-3-2-6-16(17)23-20(21(26)28)25-11-4-5-12-25/h2-3,6-8,10,14H,4-5,9,11-13H2,1H3,(H,22,24,27). The van der Waals surface area contributed by atoms with Gasteiger partial charge in [0.1, 0.15) is 5.82 Å². The minimum absolute atomic E-state index is 0.137. The molecule has 1 saturated heterocycles.